The number of carbonyl (C=O) groups is 1. The van der Waals surface area contributed by atoms with E-state index >= 15 is 0 Å². The molecule has 0 aliphatic heterocycles. The first-order valence-electron chi connectivity index (χ1n) is 8.60. The Morgan fingerprint density at radius 2 is 1.85 bits per heavy atom. The van der Waals surface area contributed by atoms with Crippen LogP contribution in [0.15, 0.2) is 65.1 Å². The van der Waals surface area contributed by atoms with Crippen LogP contribution in [0.3, 0.4) is 0 Å². The Morgan fingerprint density at radius 1 is 1.04 bits per heavy atom. The molecule has 1 heterocycles. The molecule has 0 N–H and O–H groups in total. The van der Waals surface area contributed by atoms with Gasteiger partial charge in [-0.2, -0.15) is 0 Å². The molecule has 0 radical (unpaired) electrons. The van der Waals surface area contributed by atoms with Crippen molar-refractivity contribution < 1.29 is 13.9 Å². The first-order valence-corrected chi connectivity index (χ1v) is 8.60. The van der Waals surface area contributed by atoms with E-state index in [1.54, 1.807) is 24.1 Å². The van der Waals surface area contributed by atoms with Gasteiger partial charge >= 0.3 is 0 Å². The number of furan rings is 1. The lowest BCUT2D eigenvalue weighted by Gasteiger charge is -2.16. The van der Waals surface area contributed by atoms with E-state index < -0.39 is 0 Å². The second-order valence-corrected chi connectivity index (χ2v) is 6.48. The van der Waals surface area contributed by atoms with Gasteiger partial charge in [-0.3, -0.25) is 4.79 Å². The zero-order chi connectivity index (χ0) is 18.5. The van der Waals surface area contributed by atoms with Gasteiger partial charge in [-0.15, -0.1) is 0 Å². The zero-order valence-corrected chi connectivity index (χ0v) is 15.4. The van der Waals surface area contributed by atoms with Gasteiger partial charge in [-0.1, -0.05) is 35.9 Å². The molecule has 26 heavy (non-hydrogen) atoms. The molecular formula is C22H23NO3. The van der Waals surface area contributed by atoms with Crippen molar-refractivity contribution in [2.24, 2.45) is 0 Å². The summed E-state index contributed by atoms with van der Waals surface area (Å²) in [6, 6.07) is 19.3. The summed E-state index contributed by atoms with van der Waals surface area (Å²) in [5.74, 6) is 2.22. The Morgan fingerprint density at radius 3 is 2.58 bits per heavy atom. The van der Waals surface area contributed by atoms with E-state index in [-0.39, 0.29) is 5.91 Å². The summed E-state index contributed by atoms with van der Waals surface area (Å²) >= 11 is 0. The van der Waals surface area contributed by atoms with E-state index in [2.05, 4.69) is 19.1 Å². The first kappa shape index (κ1) is 17.8. The summed E-state index contributed by atoms with van der Waals surface area (Å²) in [6.45, 7) is 4.85. The van der Waals surface area contributed by atoms with Gasteiger partial charge in [0.05, 0.1) is 6.54 Å². The number of nitrogens with zero attached hydrogens (tertiary/aromatic N) is 1. The highest BCUT2D eigenvalue weighted by Crippen LogP contribution is 2.18. The Hall–Kier alpha value is -3.01. The maximum Gasteiger partial charge on any atom is 0.254 e. The van der Waals surface area contributed by atoms with Gasteiger partial charge in [0.2, 0.25) is 0 Å². The minimum atomic E-state index is -0.0694. The van der Waals surface area contributed by atoms with E-state index in [4.69, 9.17) is 9.15 Å². The summed E-state index contributed by atoms with van der Waals surface area (Å²) in [5, 5.41) is 0. The van der Waals surface area contributed by atoms with Gasteiger partial charge in [0.1, 0.15) is 23.9 Å². The van der Waals surface area contributed by atoms with Crippen molar-refractivity contribution in [3.8, 4) is 5.75 Å². The number of amides is 1. The van der Waals surface area contributed by atoms with Crippen molar-refractivity contribution in [2.45, 2.75) is 27.0 Å². The van der Waals surface area contributed by atoms with Crippen molar-refractivity contribution >= 4 is 5.91 Å². The fourth-order valence-electron chi connectivity index (χ4n) is 2.78. The van der Waals surface area contributed by atoms with Gasteiger partial charge in [-0.05, 0) is 49.7 Å². The third-order valence-electron chi connectivity index (χ3n) is 4.10. The molecular weight excluding hydrogens is 326 g/mol. The van der Waals surface area contributed by atoms with E-state index in [0.717, 1.165) is 17.1 Å². The number of hydrogen-bond acceptors (Lipinski definition) is 3. The molecule has 3 aromatic rings. The third-order valence-corrected chi connectivity index (χ3v) is 4.10. The van der Waals surface area contributed by atoms with Gasteiger partial charge in [0, 0.05) is 12.6 Å². The fraction of sp³-hybridized carbons (Fsp3) is 0.227. The Bertz CT molecular complexity index is 898. The van der Waals surface area contributed by atoms with E-state index in [1.807, 2.05) is 43.3 Å². The zero-order valence-electron chi connectivity index (χ0n) is 15.4. The number of rotatable bonds is 6. The highest BCUT2D eigenvalue weighted by molar-refractivity contribution is 5.94. The second-order valence-electron chi connectivity index (χ2n) is 6.48. The average Bonchev–Trinajstić information content (AvgIpc) is 3.04. The number of ether oxygens (including phenoxy) is 1. The van der Waals surface area contributed by atoms with Gasteiger partial charge in [0.25, 0.3) is 5.91 Å². The predicted octanol–water partition coefficient (Wildman–Crippen LogP) is 4.75. The molecule has 4 nitrogen and oxygen atoms in total. The topological polar surface area (TPSA) is 42.7 Å². The molecule has 4 heteroatoms. The molecule has 0 spiro atoms. The number of benzene rings is 2. The summed E-state index contributed by atoms with van der Waals surface area (Å²) < 4.78 is 11.4. The SMILES string of the molecule is Cc1cccc(COc2cccc(C(=O)N(C)Cc3ccc(C)o3)c2)c1. The van der Waals surface area contributed by atoms with Crippen LogP contribution in [0, 0.1) is 13.8 Å². The highest BCUT2D eigenvalue weighted by atomic mass is 16.5. The van der Waals surface area contributed by atoms with E-state index in [0.29, 0.717) is 24.5 Å². The van der Waals surface area contributed by atoms with Crippen molar-refractivity contribution in [3.63, 3.8) is 0 Å². The Labute approximate surface area is 154 Å². The molecule has 0 bridgehead atoms. The van der Waals surface area contributed by atoms with Crippen molar-refractivity contribution in [2.75, 3.05) is 7.05 Å². The van der Waals surface area contributed by atoms with Crippen molar-refractivity contribution in [3.05, 3.63) is 88.9 Å². The lowest BCUT2D eigenvalue weighted by Crippen LogP contribution is -2.26. The van der Waals surface area contributed by atoms with Crippen LogP contribution in [-0.2, 0) is 13.2 Å². The molecule has 0 unspecified atom stereocenters. The molecule has 2 aromatic carbocycles. The number of carbonyl (C=O) groups excluding carboxylic acids is 1. The molecule has 0 saturated carbocycles. The quantitative estimate of drug-likeness (QED) is 0.645. The van der Waals surface area contributed by atoms with Crippen LogP contribution in [0.25, 0.3) is 0 Å². The molecule has 134 valence electrons. The highest BCUT2D eigenvalue weighted by Gasteiger charge is 2.14. The van der Waals surface area contributed by atoms with Crippen molar-refractivity contribution in [1.29, 1.82) is 0 Å². The summed E-state index contributed by atoms with van der Waals surface area (Å²) in [7, 11) is 1.76. The molecule has 1 aromatic heterocycles. The average molecular weight is 349 g/mol. The van der Waals surface area contributed by atoms with Crippen LogP contribution in [-0.4, -0.2) is 17.9 Å². The fourth-order valence-corrected chi connectivity index (χ4v) is 2.78. The second kappa shape index (κ2) is 7.91. The molecule has 0 aliphatic rings. The summed E-state index contributed by atoms with van der Waals surface area (Å²) in [5.41, 5.74) is 2.90. The maximum atomic E-state index is 12.7. The van der Waals surface area contributed by atoms with Crippen LogP contribution in [0.2, 0.25) is 0 Å². The molecule has 0 atom stereocenters. The van der Waals surface area contributed by atoms with Gasteiger partial charge < -0.3 is 14.1 Å². The Balaban J connectivity index is 1.65. The summed E-state index contributed by atoms with van der Waals surface area (Å²) in [6.07, 6.45) is 0. The minimum Gasteiger partial charge on any atom is -0.489 e. The normalized spacial score (nSPS) is 10.6. The van der Waals surface area contributed by atoms with E-state index in [1.165, 1.54) is 5.56 Å². The minimum absolute atomic E-state index is 0.0694. The standard InChI is InChI=1S/C22H23NO3/c1-16-6-4-7-18(12-16)15-25-20-9-5-8-19(13-20)22(24)23(3)14-21-11-10-17(2)26-21/h4-13H,14-15H2,1-3H3. The molecule has 0 saturated heterocycles. The van der Waals surface area contributed by atoms with Crippen LogP contribution < -0.4 is 4.74 Å². The van der Waals surface area contributed by atoms with Crippen molar-refractivity contribution in [1.82, 2.24) is 4.90 Å². The monoisotopic (exact) mass is 349 g/mol. The molecule has 1 amide bonds. The van der Waals surface area contributed by atoms with Gasteiger partial charge in [-0.25, -0.2) is 0 Å². The van der Waals surface area contributed by atoms with Crippen LogP contribution in [0.4, 0.5) is 0 Å². The molecule has 0 aliphatic carbocycles. The van der Waals surface area contributed by atoms with Gasteiger partial charge in [0.15, 0.2) is 0 Å². The third kappa shape index (κ3) is 4.54. The van der Waals surface area contributed by atoms with Crippen LogP contribution in [0.5, 0.6) is 5.75 Å². The largest absolute Gasteiger partial charge is 0.489 e. The molecule has 0 fully saturated rings. The first-order chi connectivity index (χ1) is 12.5. The number of hydrogen-bond donors (Lipinski definition) is 0. The molecule has 3 rings (SSSR count). The van der Waals surface area contributed by atoms with Crippen LogP contribution in [0.1, 0.15) is 33.0 Å². The lowest BCUT2D eigenvalue weighted by atomic mass is 10.1. The lowest BCUT2D eigenvalue weighted by molar-refractivity contribution is 0.0774. The summed E-state index contributed by atoms with van der Waals surface area (Å²) in [4.78, 5) is 14.3. The van der Waals surface area contributed by atoms with E-state index in [9.17, 15) is 4.79 Å². The Kier molecular flexibility index (Phi) is 5.42. The smallest absolute Gasteiger partial charge is 0.254 e. The van der Waals surface area contributed by atoms with Crippen LogP contribution >= 0.6 is 0 Å². The maximum absolute atomic E-state index is 12.7. The number of aryl methyl sites for hydroxylation is 2. The predicted molar refractivity (Wildman–Crippen MR) is 101 cm³/mol.